The number of hydrogen-bond acceptors (Lipinski definition) is 5. The number of ether oxygens (including phenoxy) is 1. The second kappa shape index (κ2) is 8.58. The first-order valence-electron chi connectivity index (χ1n) is 7.74. The van der Waals surface area contributed by atoms with Crippen molar-refractivity contribution in [1.82, 2.24) is 5.32 Å². The van der Waals surface area contributed by atoms with E-state index in [4.69, 9.17) is 4.74 Å². The van der Waals surface area contributed by atoms with E-state index in [1.807, 2.05) is 30.3 Å². The number of nitrogens with one attached hydrogen (secondary N) is 1. The molecule has 0 spiro atoms. The van der Waals surface area contributed by atoms with Gasteiger partial charge in [-0.3, -0.25) is 14.9 Å². The molecule has 0 saturated carbocycles. The number of nitro groups is 1. The van der Waals surface area contributed by atoms with Crippen LogP contribution in [0.1, 0.15) is 22.8 Å². The fraction of sp³-hybridized carbons (Fsp3) is 0.222. The van der Waals surface area contributed by atoms with Crippen LogP contribution >= 0.6 is 0 Å². The van der Waals surface area contributed by atoms with Gasteiger partial charge in [-0.15, -0.1) is 0 Å². The second-order valence-electron chi connectivity index (χ2n) is 5.38. The summed E-state index contributed by atoms with van der Waals surface area (Å²) >= 11 is 0. The van der Waals surface area contributed by atoms with Crippen LogP contribution in [0.25, 0.3) is 0 Å². The SMILES string of the molecule is CC(OC(=O)c1cccc([N+](=O)[O-])c1)C(=O)NCCc1ccccc1. The van der Waals surface area contributed by atoms with Crippen LogP contribution in [-0.2, 0) is 16.0 Å². The molecule has 2 rings (SSSR count). The van der Waals surface area contributed by atoms with Gasteiger partial charge in [0.25, 0.3) is 11.6 Å². The first-order valence-corrected chi connectivity index (χ1v) is 7.74. The first kappa shape index (κ1) is 18.1. The van der Waals surface area contributed by atoms with E-state index in [0.29, 0.717) is 13.0 Å². The Bertz CT molecular complexity index is 761. The summed E-state index contributed by atoms with van der Waals surface area (Å²) in [6.45, 7) is 1.87. The molecule has 0 aliphatic heterocycles. The molecule has 0 aliphatic carbocycles. The highest BCUT2D eigenvalue weighted by molar-refractivity contribution is 5.92. The third-order valence-corrected chi connectivity index (χ3v) is 3.50. The number of nitro benzene ring substituents is 1. The molecular formula is C18H18N2O5. The van der Waals surface area contributed by atoms with Crippen LogP contribution in [0.3, 0.4) is 0 Å². The second-order valence-corrected chi connectivity index (χ2v) is 5.38. The van der Waals surface area contributed by atoms with Crippen molar-refractivity contribution in [2.24, 2.45) is 0 Å². The maximum absolute atomic E-state index is 12.0. The summed E-state index contributed by atoms with van der Waals surface area (Å²) in [4.78, 5) is 34.1. The quantitative estimate of drug-likeness (QED) is 0.473. The highest BCUT2D eigenvalue weighted by atomic mass is 16.6. The van der Waals surface area contributed by atoms with Gasteiger partial charge in [-0.2, -0.15) is 0 Å². The van der Waals surface area contributed by atoms with Crippen molar-refractivity contribution in [2.45, 2.75) is 19.4 Å². The molecule has 0 fully saturated rings. The smallest absolute Gasteiger partial charge is 0.339 e. The summed E-state index contributed by atoms with van der Waals surface area (Å²) in [6, 6.07) is 14.8. The minimum atomic E-state index is -0.998. The highest BCUT2D eigenvalue weighted by Crippen LogP contribution is 2.14. The van der Waals surface area contributed by atoms with Crippen molar-refractivity contribution in [3.63, 3.8) is 0 Å². The fourth-order valence-corrected chi connectivity index (χ4v) is 2.15. The summed E-state index contributed by atoms with van der Waals surface area (Å²) in [5, 5.41) is 13.4. The van der Waals surface area contributed by atoms with E-state index in [2.05, 4.69) is 5.32 Å². The largest absolute Gasteiger partial charge is 0.449 e. The molecule has 7 nitrogen and oxygen atoms in total. The lowest BCUT2D eigenvalue weighted by molar-refractivity contribution is -0.384. The minimum Gasteiger partial charge on any atom is -0.449 e. The summed E-state index contributed by atoms with van der Waals surface area (Å²) in [5.74, 6) is -1.20. The van der Waals surface area contributed by atoms with Gasteiger partial charge in [0.05, 0.1) is 10.5 Å². The number of hydrogen-bond donors (Lipinski definition) is 1. The molecule has 1 atom stereocenters. The molecule has 25 heavy (non-hydrogen) atoms. The number of nitrogens with zero attached hydrogens (tertiary/aromatic N) is 1. The molecule has 0 heterocycles. The molecule has 1 amide bonds. The monoisotopic (exact) mass is 342 g/mol. The standard InChI is InChI=1S/C18H18N2O5/c1-13(17(21)19-11-10-14-6-3-2-4-7-14)25-18(22)15-8-5-9-16(12-15)20(23)24/h2-9,12-13H,10-11H2,1H3,(H,19,21). The predicted molar refractivity (Wildman–Crippen MR) is 91.1 cm³/mol. The maximum Gasteiger partial charge on any atom is 0.339 e. The Balaban J connectivity index is 1.84. The minimum absolute atomic E-state index is 0.0261. The summed E-state index contributed by atoms with van der Waals surface area (Å²) < 4.78 is 5.06. The van der Waals surface area contributed by atoms with Crippen molar-refractivity contribution in [3.05, 3.63) is 75.8 Å². The third-order valence-electron chi connectivity index (χ3n) is 3.50. The average molecular weight is 342 g/mol. The van der Waals surface area contributed by atoms with Gasteiger partial charge in [-0.05, 0) is 25.0 Å². The van der Waals surface area contributed by atoms with E-state index in [0.717, 1.165) is 11.6 Å². The van der Waals surface area contributed by atoms with Crippen molar-refractivity contribution in [3.8, 4) is 0 Å². The summed E-state index contributed by atoms with van der Waals surface area (Å²) in [5.41, 5.74) is 0.900. The average Bonchev–Trinajstić information content (AvgIpc) is 2.62. The number of carbonyl (C=O) groups is 2. The Labute approximate surface area is 144 Å². The third kappa shape index (κ3) is 5.42. The van der Waals surface area contributed by atoms with E-state index in [-0.39, 0.29) is 11.3 Å². The lowest BCUT2D eigenvalue weighted by Crippen LogP contribution is -2.36. The summed E-state index contributed by atoms with van der Waals surface area (Å²) in [6.07, 6.45) is -0.333. The van der Waals surface area contributed by atoms with Gasteiger partial charge in [0, 0.05) is 18.7 Å². The topological polar surface area (TPSA) is 98.5 Å². The molecule has 0 bridgehead atoms. The number of carbonyl (C=O) groups excluding carboxylic acids is 2. The van der Waals surface area contributed by atoms with E-state index in [9.17, 15) is 19.7 Å². The number of non-ortho nitro benzene ring substituents is 1. The van der Waals surface area contributed by atoms with Crippen molar-refractivity contribution >= 4 is 17.6 Å². The zero-order valence-corrected chi connectivity index (χ0v) is 13.7. The van der Waals surface area contributed by atoms with Gasteiger partial charge in [0.1, 0.15) is 0 Å². The number of esters is 1. The molecule has 1 N–H and O–H groups in total. The van der Waals surface area contributed by atoms with Crippen molar-refractivity contribution in [2.75, 3.05) is 6.54 Å². The molecule has 2 aromatic rings. The summed E-state index contributed by atoms with van der Waals surface area (Å²) in [7, 11) is 0. The highest BCUT2D eigenvalue weighted by Gasteiger charge is 2.20. The van der Waals surface area contributed by atoms with Gasteiger partial charge in [0.2, 0.25) is 0 Å². The van der Waals surface area contributed by atoms with Crippen LogP contribution in [0, 0.1) is 10.1 Å². The van der Waals surface area contributed by atoms with Crippen LogP contribution in [0.2, 0.25) is 0 Å². The van der Waals surface area contributed by atoms with Crippen molar-refractivity contribution in [1.29, 1.82) is 0 Å². The zero-order chi connectivity index (χ0) is 18.2. The Morgan fingerprint density at radius 1 is 1.16 bits per heavy atom. The van der Waals surface area contributed by atoms with Gasteiger partial charge >= 0.3 is 5.97 Å². The Morgan fingerprint density at radius 2 is 1.88 bits per heavy atom. The Kier molecular flexibility index (Phi) is 6.22. The van der Waals surface area contributed by atoms with Crippen LogP contribution in [0.5, 0.6) is 0 Å². The van der Waals surface area contributed by atoms with E-state index < -0.39 is 22.9 Å². The number of amides is 1. The Morgan fingerprint density at radius 3 is 2.56 bits per heavy atom. The lowest BCUT2D eigenvalue weighted by atomic mass is 10.1. The predicted octanol–water partition coefficient (Wildman–Crippen LogP) is 2.50. The van der Waals surface area contributed by atoms with E-state index >= 15 is 0 Å². The van der Waals surface area contributed by atoms with Crippen LogP contribution in [0.4, 0.5) is 5.69 Å². The zero-order valence-electron chi connectivity index (χ0n) is 13.7. The molecule has 7 heteroatoms. The van der Waals surface area contributed by atoms with Gasteiger partial charge in [0.15, 0.2) is 6.10 Å². The normalized spacial score (nSPS) is 11.4. The van der Waals surface area contributed by atoms with E-state index in [1.165, 1.54) is 25.1 Å². The number of rotatable bonds is 7. The molecule has 0 aromatic heterocycles. The number of benzene rings is 2. The maximum atomic E-state index is 12.0. The van der Waals surface area contributed by atoms with Crippen LogP contribution in [-0.4, -0.2) is 29.4 Å². The molecule has 1 unspecified atom stereocenters. The fourth-order valence-electron chi connectivity index (χ4n) is 2.15. The van der Waals surface area contributed by atoms with E-state index in [1.54, 1.807) is 0 Å². The van der Waals surface area contributed by atoms with Gasteiger partial charge < -0.3 is 10.1 Å². The molecule has 2 aromatic carbocycles. The van der Waals surface area contributed by atoms with Crippen LogP contribution < -0.4 is 5.32 Å². The Hall–Kier alpha value is -3.22. The van der Waals surface area contributed by atoms with Crippen molar-refractivity contribution < 1.29 is 19.2 Å². The lowest BCUT2D eigenvalue weighted by Gasteiger charge is -2.13. The molecule has 0 radical (unpaired) electrons. The van der Waals surface area contributed by atoms with Gasteiger partial charge in [-0.1, -0.05) is 36.4 Å². The first-order chi connectivity index (χ1) is 12.0. The molecule has 130 valence electrons. The molecular weight excluding hydrogens is 324 g/mol. The molecule has 0 saturated heterocycles. The van der Waals surface area contributed by atoms with Gasteiger partial charge in [-0.25, -0.2) is 4.79 Å². The van der Waals surface area contributed by atoms with Crippen LogP contribution in [0.15, 0.2) is 54.6 Å². The molecule has 0 aliphatic rings.